The molecule has 0 N–H and O–H groups in total. The fourth-order valence-electron chi connectivity index (χ4n) is 4.52. The molecule has 4 aromatic heterocycles. The third kappa shape index (κ3) is 4.30. The Morgan fingerprint density at radius 3 is 2.80 bits per heavy atom. The molecular weight excluding hydrogens is 464 g/mol. The molecule has 0 fully saturated rings. The number of rotatable bonds is 5. The van der Waals surface area contributed by atoms with Gasteiger partial charge in [-0.2, -0.15) is 10.2 Å². The van der Waals surface area contributed by atoms with E-state index in [1.165, 1.54) is 6.08 Å². The van der Waals surface area contributed by atoms with Crippen LogP contribution in [0.15, 0.2) is 49.4 Å². The lowest BCUT2D eigenvalue weighted by Crippen LogP contribution is -2.32. The second kappa shape index (κ2) is 9.19. The van der Waals surface area contributed by atoms with Crippen LogP contribution in [0.2, 0.25) is 5.02 Å². The van der Waals surface area contributed by atoms with Crippen LogP contribution in [-0.2, 0) is 17.8 Å². The van der Waals surface area contributed by atoms with Gasteiger partial charge >= 0.3 is 0 Å². The normalized spacial score (nSPS) is 14.5. The Labute approximate surface area is 208 Å². The van der Waals surface area contributed by atoms with Gasteiger partial charge in [0.1, 0.15) is 17.4 Å². The highest BCUT2D eigenvalue weighted by molar-refractivity contribution is 6.34. The molecule has 1 aliphatic heterocycles. The minimum absolute atomic E-state index is 0.0476. The summed E-state index contributed by atoms with van der Waals surface area (Å²) in [5.74, 6) is 0.568. The van der Waals surface area contributed by atoms with Gasteiger partial charge in [-0.05, 0) is 50.1 Å². The van der Waals surface area contributed by atoms with Gasteiger partial charge in [0, 0.05) is 43.2 Å². The van der Waals surface area contributed by atoms with E-state index in [4.69, 9.17) is 21.4 Å². The van der Waals surface area contributed by atoms with E-state index >= 15 is 0 Å². The quantitative estimate of drug-likeness (QED) is 0.383. The first-order chi connectivity index (χ1) is 16.9. The van der Waals surface area contributed by atoms with Gasteiger partial charge in [-0.15, -0.1) is 0 Å². The molecule has 1 atom stereocenters. The van der Waals surface area contributed by atoms with E-state index in [1.54, 1.807) is 10.7 Å². The summed E-state index contributed by atoms with van der Waals surface area (Å²) in [4.78, 5) is 18.4. The molecule has 0 radical (unpaired) electrons. The second-order valence-corrected chi connectivity index (χ2v) is 9.23. The van der Waals surface area contributed by atoms with E-state index in [-0.39, 0.29) is 12.0 Å². The molecule has 0 saturated carbocycles. The topological polar surface area (TPSA) is 77.6 Å². The smallest absolute Gasteiger partial charge is 0.246 e. The Morgan fingerprint density at radius 1 is 1.23 bits per heavy atom. The maximum atomic E-state index is 12.1. The minimum atomic E-state index is -0.284. The molecule has 1 unspecified atom stereocenters. The third-order valence-electron chi connectivity index (χ3n) is 6.47. The number of aromatic nitrogens is 5. The molecule has 0 spiro atoms. The first kappa shape index (κ1) is 23.1. The van der Waals surface area contributed by atoms with Crippen LogP contribution >= 0.6 is 11.6 Å². The van der Waals surface area contributed by atoms with Gasteiger partial charge in [0.2, 0.25) is 5.91 Å². The molecule has 180 valence electrons. The van der Waals surface area contributed by atoms with Gasteiger partial charge in [0.25, 0.3) is 0 Å². The molecule has 4 aromatic rings. The zero-order chi connectivity index (χ0) is 24.7. The SMILES string of the molecule is C=CC(=O)N1CCc2c(C)c(-c3cc(OC(C)c4ccc(C)cn4)c4c(Cl)cnn4c3)nn2CC1. The molecule has 9 heteroatoms. The molecule has 8 nitrogen and oxygen atoms in total. The van der Waals surface area contributed by atoms with Crippen molar-refractivity contribution in [2.45, 2.75) is 39.8 Å². The largest absolute Gasteiger partial charge is 0.482 e. The van der Waals surface area contributed by atoms with Crippen molar-refractivity contribution in [3.8, 4) is 17.0 Å². The average molecular weight is 491 g/mol. The Hall–Kier alpha value is -3.65. The molecule has 1 aliphatic rings. The van der Waals surface area contributed by atoms with Crippen LogP contribution in [0.1, 0.15) is 35.5 Å². The van der Waals surface area contributed by atoms with Crippen LogP contribution in [0.5, 0.6) is 5.75 Å². The monoisotopic (exact) mass is 490 g/mol. The average Bonchev–Trinajstić information content (AvgIpc) is 3.29. The van der Waals surface area contributed by atoms with Crippen molar-refractivity contribution < 1.29 is 9.53 Å². The van der Waals surface area contributed by atoms with Crippen molar-refractivity contribution in [1.82, 2.24) is 29.3 Å². The summed E-state index contributed by atoms with van der Waals surface area (Å²) in [6.07, 6.45) is 7.18. The van der Waals surface area contributed by atoms with E-state index in [0.717, 1.165) is 40.2 Å². The van der Waals surface area contributed by atoms with Gasteiger partial charge in [0.15, 0.2) is 0 Å². The predicted octanol–water partition coefficient (Wildman–Crippen LogP) is 4.57. The maximum Gasteiger partial charge on any atom is 0.246 e. The molecule has 0 aliphatic carbocycles. The van der Waals surface area contributed by atoms with Crippen LogP contribution < -0.4 is 4.74 Å². The standard InChI is InChI=1S/C26H27ClN6O2/c1-5-24(34)31-9-8-22-17(3)25(30-32(22)11-10-31)19-12-23(26-20(27)14-29-33(26)15-19)35-18(4)21-7-6-16(2)13-28-21/h5-7,12-15,18H,1,8-11H2,2-4H3. The number of hydrogen-bond donors (Lipinski definition) is 0. The highest BCUT2D eigenvalue weighted by atomic mass is 35.5. The van der Waals surface area contributed by atoms with Gasteiger partial charge in [-0.3, -0.25) is 14.5 Å². The number of amides is 1. The molecule has 35 heavy (non-hydrogen) atoms. The lowest BCUT2D eigenvalue weighted by molar-refractivity contribution is -0.126. The third-order valence-corrected chi connectivity index (χ3v) is 6.74. The van der Waals surface area contributed by atoms with E-state index in [1.807, 2.05) is 54.0 Å². The number of fused-ring (bicyclic) bond motifs is 2. The predicted molar refractivity (Wildman–Crippen MR) is 135 cm³/mol. The number of pyridine rings is 2. The fraction of sp³-hybridized carbons (Fsp3) is 0.308. The van der Waals surface area contributed by atoms with Crippen molar-refractivity contribution in [3.63, 3.8) is 0 Å². The van der Waals surface area contributed by atoms with E-state index in [0.29, 0.717) is 35.9 Å². The summed E-state index contributed by atoms with van der Waals surface area (Å²) in [7, 11) is 0. The van der Waals surface area contributed by atoms with Crippen molar-refractivity contribution in [3.05, 3.63) is 77.0 Å². The Bertz CT molecular complexity index is 1420. The number of ether oxygens (including phenoxy) is 1. The summed E-state index contributed by atoms with van der Waals surface area (Å²) < 4.78 is 10.1. The van der Waals surface area contributed by atoms with Crippen molar-refractivity contribution in [1.29, 1.82) is 0 Å². The van der Waals surface area contributed by atoms with Crippen molar-refractivity contribution >= 4 is 23.0 Å². The second-order valence-electron chi connectivity index (χ2n) is 8.82. The van der Waals surface area contributed by atoms with E-state index < -0.39 is 0 Å². The summed E-state index contributed by atoms with van der Waals surface area (Å²) in [5, 5.41) is 9.85. The van der Waals surface area contributed by atoms with Crippen LogP contribution in [0.25, 0.3) is 16.8 Å². The van der Waals surface area contributed by atoms with Gasteiger partial charge in [-0.1, -0.05) is 24.2 Å². The number of hydrogen-bond acceptors (Lipinski definition) is 5. The number of aryl methyl sites for hydroxylation is 1. The highest BCUT2D eigenvalue weighted by Gasteiger charge is 2.24. The molecule has 0 bridgehead atoms. The number of carbonyl (C=O) groups excluding carboxylic acids is 1. The Balaban J connectivity index is 1.51. The molecule has 5 rings (SSSR count). The van der Waals surface area contributed by atoms with Crippen LogP contribution in [-0.4, -0.2) is 48.3 Å². The van der Waals surface area contributed by atoms with Crippen LogP contribution in [0.4, 0.5) is 0 Å². The zero-order valence-corrected chi connectivity index (χ0v) is 20.8. The summed E-state index contributed by atoms with van der Waals surface area (Å²) >= 11 is 6.47. The maximum absolute atomic E-state index is 12.1. The minimum Gasteiger partial charge on any atom is -0.482 e. The molecule has 1 amide bonds. The highest BCUT2D eigenvalue weighted by Crippen LogP contribution is 2.36. The molecule has 0 aromatic carbocycles. The van der Waals surface area contributed by atoms with Crippen LogP contribution in [0, 0.1) is 13.8 Å². The Kier molecular flexibility index (Phi) is 6.06. The summed E-state index contributed by atoms with van der Waals surface area (Å²) in [6.45, 7) is 11.5. The first-order valence-electron chi connectivity index (χ1n) is 11.6. The lowest BCUT2D eigenvalue weighted by atomic mass is 10.1. The van der Waals surface area contributed by atoms with Crippen molar-refractivity contribution in [2.75, 3.05) is 13.1 Å². The number of halogens is 1. The first-order valence-corrected chi connectivity index (χ1v) is 12.0. The number of carbonyl (C=O) groups is 1. The Morgan fingerprint density at radius 2 is 2.06 bits per heavy atom. The zero-order valence-electron chi connectivity index (χ0n) is 20.0. The van der Waals surface area contributed by atoms with Crippen molar-refractivity contribution in [2.24, 2.45) is 0 Å². The van der Waals surface area contributed by atoms with Gasteiger partial charge in [-0.25, -0.2) is 4.52 Å². The summed E-state index contributed by atoms with van der Waals surface area (Å²) in [5.41, 5.74) is 6.57. The fourth-order valence-corrected chi connectivity index (χ4v) is 4.74. The lowest BCUT2D eigenvalue weighted by Gasteiger charge is -2.18. The van der Waals surface area contributed by atoms with Gasteiger partial charge < -0.3 is 9.64 Å². The van der Waals surface area contributed by atoms with E-state index in [9.17, 15) is 4.79 Å². The van der Waals surface area contributed by atoms with E-state index in [2.05, 4.69) is 23.6 Å². The summed E-state index contributed by atoms with van der Waals surface area (Å²) in [6, 6.07) is 5.96. The molecular formula is C26H27ClN6O2. The van der Waals surface area contributed by atoms with Crippen LogP contribution in [0.3, 0.4) is 0 Å². The molecule has 0 saturated heterocycles. The molecule has 5 heterocycles. The van der Waals surface area contributed by atoms with Gasteiger partial charge in [0.05, 0.1) is 29.2 Å². The number of nitrogens with zero attached hydrogens (tertiary/aromatic N) is 6.